The van der Waals surface area contributed by atoms with Crippen LogP contribution in [-0.4, -0.2) is 16.9 Å². The van der Waals surface area contributed by atoms with Crippen LogP contribution in [-0.2, 0) is 11.3 Å². The summed E-state index contributed by atoms with van der Waals surface area (Å²) in [6, 6.07) is 10.3. The maximum atomic E-state index is 11.9. The summed E-state index contributed by atoms with van der Waals surface area (Å²) in [7, 11) is 0. The van der Waals surface area contributed by atoms with E-state index in [1.54, 1.807) is 48.8 Å². The molecule has 0 aliphatic carbocycles. The molecule has 3 amide bonds. The van der Waals surface area contributed by atoms with E-state index in [0.29, 0.717) is 17.9 Å². The monoisotopic (exact) mass is 336 g/mol. The van der Waals surface area contributed by atoms with Gasteiger partial charge in [-0.1, -0.05) is 24.3 Å². The lowest BCUT2D eigenvalue weighted by Crippen LogP contribution is -2.28. The average Bonchev–Trinajstić information content (AvgIpc) is 2.61. The molecule has 0 radical (unpaired) electrons. The Morgan fingerprint density at radius 1 is 1.04 bits per heavy atom. The highest BCUT2D eigenvalue weighted by Gasteiger charge is 2.03. The van der Waals surface area contributed by atoms with Gasteiger partial charge in [0, 0.05) is 36.4 Å². The average molecular weight is 336 g/mol. The number of allylic oxidation sites excluding steroid dienone is 3. The highest BCUT2D eigenvalue weighted by Crippen LogP contribution is 2.15. The van der Waals surface area contributed by atoms with Gasteiger partial charge in [-0.15, -0.1) is 0 Å². The third-order valence-electron chi connectivity index (χ3n) is 3.14. The van der Waals surface area contributed by atoms with Crippen LogP contribution >= 0.6 is 0 Å². The fourth-order valence-electron chi connectivity index (χ4n) is 1.97. The maximum absolute atomic E-state index is 11.9. The normalized spacial score (nSPS) is 10.8. The lowest BCUT2D eigenvalue weighted by molar-refractivity contribution is -0.111. The molecule has 0 aliphatic heterocycles. The van der Waals surface area contributed by atoms with Crippen molar-refractivity contribution < 1.29 is 9.59 Å². The van der Waals surface area contributed by atoms with Crippen LogP contribution in [0.15, 0.2) is 73.1 Å². The van der Waals surface area contributed by atoms with Crippen LogP contribution in [0.3, 0.4) is 0 Å². The molecular weight excluding hydrogens is 316 g/mol. The van der Waals surface area contributed by atoms with Crippen LogP contribution in [0.2, 0.25) is 0 Å². The van der Waals surface area contributed by atoms with Gasteiger partial charge in [0.25, 0.3) is 0 Å². The van der Waals surface area contributed by atoms with Crippen molar-refractivity contribution in [2.24, 2.45) is 0 Å². The summed E-state index contributed by atoms with van der Waals surface area (Å²) in [5.41, 5.74) is 2.14. The van der Waals surface area contributed by atoms with Crippen LogP contribution in [0.4, 0.5) is 16.2 Å². The molecule has 0 saturated carbocycles. The third-order valence-corrected chi connectivity index (χ3v) is 3.14. The molecule has 6 nitrogen and oxygen atoms in total. The minimum Gasteiger partial charge on any atom is -0.334 e. The molecule has 1 heterocycles. The van der Waals surface area contributed by atoms with Crippen molar-refractivity contribution in [2.45, 2.75) is 13.5 Å². The van der Waals surface area contributed by atoms with Crippen molar-refractivity contribution in [1.82, 2.24) is 10.3 Å². The predicted octanol–water partition coefficient (Wildman–Crippen LogP) is 3.47. The Labute approximate surface area is 146 Å². The minimum atomic E-state index is -0.326. The highest BCUT2D eigenvalue weighted by molar-refractivity contribution is 6.00. The SMILES string of the molecule is C/C=C/C=C/C(=O)Nc1cccc(NC(=O)NCc2ccncc2)c1. The fraction of sp³-hybridized carbons (Fsp3) is 0.105. The molecule has 6 heteroatoms. The Kier molecular flexibility index (Phi) is 6.94. The van der Waals surface area contributed by atoms with E-state index in [-0.39, 0.29) is 11.9 Å². The number of hydrogen-bond donors (Lipinski definition) is 3. The van der Waals surface area contributed by atoms with Crippen molar-refractivity contribution in [3.63, 3.8) is 0 Å². The number of rotatable bonds is 6. The van der Waals surface area contributed by atoms with Gasteiger partial charge < -0.3 is 16.0 Å². The van der Waals surface area contributed by atoms with E-state index in [1.807, 2.05) is 25.1 Å². The van der Waals surface area contributed by atoms with Gasteiger partial charge in [0.2, 0.25) is 5.91 Å². The molecule has 0 atom stereocenters. The van der Waals surface area contributed by atoms with Crippen molar-refractivity contribution in [3.8, 4) is 0 Å². The summed E-state index contributed by atoms with van der Waals surface area (Å²) >= 11 is 0. The number of carbonyl (C=O) groups is 2. The van der Waals surface area contributed by atoms with E-state index in [1.165, 1.54) is 6.08 Å². The molecule has 0 saturated heterocycles. The fourth-order valence-corrected chi connectivity index (χ4v) is 1.97. The number of pyridine rings is 1. The highest BCUT2D eigenvalue weighted by atomic mass is 16.2. The smallest absolute Gasteiger partial charge is 0.319 e. The maximum Gasteiger partial charge on any atom is 0.319 e. The number of nitrogens with one attached hydrogen (secondary N) is 3. The van der Waals surface area contributed by atoms with Crippen molar-refractivity contribution in [3.05, 3.63) is 78.7 Å². The summed E-state index contributed by atoms with van der Waals surface area (Å²) in [4.78, 5) is 27.6. The van der Waals surface area contributed by atoms with Gasteiger partial charge in [-0.05, 0) is 42.8 Å². The van der Waals surface area contributed by atoms with E-state index in [2.05, 4.69) is 20.9 Å². The second kappa shape index (κ2) is 9.67. The van der Waals surface area contributed by atoms with Gasteiger partial charge in [0.1, 0.15) is 0 Å². The number of nitrogens with zero attached hydrogens (tertiary/aromatic N) is 1. The quantitative estimate of drug-likeness (QED) is 0.558. The topological polar surface area (TPSA) is 83.1 Å². The number of benzene rings is 1. The number of anilines is 2. The molecule has 3 N–H and O–H groups in total. The zero-order valence-corrected chi connectivity index (χ0v) is 13.9. The van der Waals surface area contributed by atoms with Crippen molar-refractivity contribution in [1.29, 1.82) is 0 Å². The first-order valence-electron chi connectivity index (χ1n) is 7.81. The number of aromatic nitrogens is 1. The van der Waals surface area contributed by atoms with Crippen LogP contribution in [0.25, 0.3) is 0 Å². The molecule has 1 aromatic heterocycles. The Morgan fingerprint density at radius 3 is 2.48 bits per heavy atom. The lowest BCUT2D eigenvalue weighted by atomic mass is 10.2. The van der Waals surface area contributed by atoms with E-state index in [4.69, 9.17) is 0 Å². The van der Waals surface area contributed by atoms with Gasteiger partial charge in [-0.3, -0.25) is 9.78 Å². The summed E-state index contributed by atoms with van der Waals surface area (Å²) in [5, 5.41) is 8.22. The van der Waals surface area contributed by atoms with Crippen LogP contribution in [0, 0.1) is 0 Å². The number of amides is 3. The Hall–Kier alpha value is -3.41. The summed E-state index contributed by atoms with van der Waals surface area (Å²) in [5.74, 6) is -0.239. The Bertz CT molecular complexity index is 770. The molecule has 0 unspecified atom stereocenters. The Morgan fingerprint density at radius 2 is 1.76 bits per heavy atom. The number of hydrogen-bond acceptors (Lipinski definition) is 3. The number of carbonyl (C=O) groups excluding carboxylic acids is 2. The molecule has 2 rings (SSSR count). The van der Waals surface area contributed by atoms with Crippen molar-refractivity contribution >= 4 is 23.3 Å². The van der Waals surface area contributed by atoms with Crippen LogP contribution < -0.4 is 16.0 Å². The molecule has 0 bridgehead atoms. The third kappa shape index (κ3) is 6.70. The van der Waals surface area contributed by atoms with Crippen LogP contribution in [0.5, 0.6) is 0 Å². The largest absolute Gasteiger partial charge is 0.334 e. The zero-order chi connectivity index (χ0) is 17.9. The second-order valence-electron chi connectivity index (χ2n) is 5.12. The van der Waals surface area contributed by atoms with Crippen molar-refractivity contribution in [2.75, 3.05) is 10.6 Å². The molecule has 0 spiro atoms. The predicted molar refractivity (Wildman–Crippen MR) is 99.1 cm³/mol. The van der Waals surface area contributed by atoms with E-state index < -0.39 is 0 Å². The first-order chi connectivity index (χ1) is 12.2. The molecule has 2 aromatic rings. The van der Waals surface area contributed by atoms with E-state index in [9.17, 15) is 9.59 Å². The molecule has 1 aromatic carbocycles. The Balaban J connectivity index is 1.87. The van der Waals surface area contributed by atoms with Gasteiger partial charge >= 0.3 is 6.03 Å². The van der Waals surface area contributed by atoms with Crippen LogP contribution in [0.1, 0.15) is 12.5 Å². The zero-order valence-electron chi connectivity index (χ0n) is 13.9. The summed E-state index contributed by atoms with van der Waals surface area (Å²) < 4.78 is 0. The van der Waals surface area contributed by atoms with E-state index >= 15 is 0 Å². The summed E-state index contributed by atoms with van der Waals surface area (Å²) in [6.07, 6.45) is 10.0. The lowest BCUT2D eigenvalue weighted by Gasteiger charge is -2.09. The second-order valence-corrected chi connectivity index (χ2v) is 5.12. The van der Waals surface area contributed by atoms with E-state index in [0.717, 1.165) is 5.56 Å². The van der Waals surface area contributed by atoms with Gasteiger partial charge in [-0.2, -0.15) is 0 Å². The molecule has 0 aliphatic rings. The standard InChI is InChI=1S/C19H20N4O2/c1-2-3-4-8-18(24)22-16-6-5-7-17(13-16)23-19(25)21-14-15-9-11-20-12-10-15/h2-13H,14H2,1H3,(H,22,24)(H2,21,23,25)/b3-2+,8-4+. The molecule has 128 valence electrons. The van der Waals surface area contributed by atoms with Gasteiger partial charge in [0.05, 0.1) is 0 Å². The van der Waals surface area contributed by atoms with Gasteiger partial charge in [0.15, 0.2) is 0 Å². The van der Waals surface area contributed by atoms with Gasteiger partial charge in [-0.25, -0.2) is 4.79 Å². The minimum absolute atomic E-state index is 0.239. The molecule has 25 heavy (non-hydrogen) atoms. The first kappa shape index (κ1) is 17.9. The summed E-state index contributed by atoms with van der Waals surface area (Å²) in [6.45, 7) is 2.28. The number of urea groups is 1. The molecular formula is C19H20N4O2. The first-order valence-corrected chi connectivity index (χ1v) is 7.81. The molecule has 0 fully saturated rings.